The molecule has 2 aromatic rings. The van der Waals surface area contributed by atoms with Crippen LogP contribution in [0.25, 0.3) is 0 Å². The average molecular weight is 414 g/mol. The number of aldehydes is 1. The first-order valence-electron chi connectivity index (χ1n) is 7.87. The number of carbonyl (C=O) groups excluding carboxylic acids is 1. The van der Waals surface area contributed by atoms with Gasteiger partial charge in [-0.15, -0.1) is 0 Å². The molecule has 1 fully saturated rings. The molecule has 1 aliphatic heterocycles. The number of benzene rings is 2. The molecule has 0 bridgehead atoms. The van der Waals surface area contributed by atoms with E-state index in [-0.39, 0.29) is 13.2 Å². The number of ether oxygens (including phenoxy) is 1. The van der Waals surface area contributed by atoms with Crippen molar-refractivity contribution in [2.24, 2.45) is 5.41 Å². The van der Waals surface area contributed by atoms with E-state index in [0.717, 1.165) is 6.29 Å². The van der Waals surface area contributed by atoms with Crippen LogP contribution in [0.5, 0.6) is 5.75 Å². The van der Waals surface area contributed by atoms with Crippen molar-refractivity contribution >= 4 is 40.5 Å². The van der Waals surface area contributed by atoms with Gasteiger partial charge in [-0.1, -0.05) is 23.2 Å². The third-order valence-electron chi connectivity index (χ3n) is 4.24. The van der Waals surface area contributed by atoms with E-state index in [4.69, 9.17) is 27.9 Å². The van der Waals surface area contributed by atoms with Crippen LogP contribution in [0.1, 0.15) is 10.4 Å². The lowest BCUT2D eigenvalue weighted by Gasteiger charge is -2.47. The molecule has 0 radical (unpaired) electrons. The Morgan fingerprint density at radius 1 is 1.19 bits per heavy atom. The molecule has 1 atom stereocenters. The summed E-state index contributed by atoms with van der Waals surface area (Å²) in [5.41, 5.74) is 0.0806. The lowest BCUT2D eigenvalue weighted by atomic mass is 9.83. The molecule has 26 heavy (non-hydrogen) atoms. The molecule has 1 heterocycles. The molecule has 2 aromatic carbocycles. The first kappa shape index (κ1) is 19.3. The number of carbonyl (C=O) groups is 1. The predicted molar refractivity (Wildman–Crippen MR) is 101 cm³/mol. The lowest BCUT2D eigenvalue weighted by Crippen LogP contribution is -2.61. The topological polar surface area (TPSA) is 66.8 Å². The molecule has 0 spiro atoms. The largest absolute Gasteiger partial charge is 0.493 e. The van der Waals surface area contributed by atoms with Gasteiger partial charge in [-0.05, 0) is 42.5 Å². The molecule has 1 saturated heterocycles. The number of hydrogen-bond donors (Lipinski definition) is 1. The summed E-state index contributed by atoms with van der Waals surface area (Å²) < 4.78 is 20.1. The first-order chi connectivity index (χ1) is 12.5. The quantitative estimate of drug-likeness (QED) is 0.707. The highest BCUT2D eigenvalue weighted by Crippen LogP contribution is 2.35. The molecule has 8 heteroatoms. The van der Waals surface area contributed by atoms with Gasteiger partial charge in [-0.3, -0.25) is 4.79 Å². The van der Waals surface area contributed by atoms with E-state index >= 15 is 0 Å². The molecular formula is C18H17Cl2NO4S. The van der Waals surface area contributed by atoms with Crippen LogP contribution in [0.2, 0.25) is 10.0 Å². The Hall–Kier alpha value is -1.44. The highest BCUT2D eigenvalue weighted by Gasteiger charge is 2.46. The summed E-state index contributed by atoms with van der Waals surface area (Å²) in [6.07, 6.45) is 0.764. The van der Waals surface area contributed by atoms with Crippen LogP contribution in [-0.4, -0.2) is 46.2 Å². The third-order valence-corrected chi connectivity index (χ3v) is 6.36. The van der Waals surface area contributed by atoms with Crippen molar-refractivity contribution < 1.29 is 18.8 Å². The molecule has 1 unspecified atom stereocenters. The van der Waals surface area contributed by atoms with E-state index < -0.39 is 16.4 Å². The van der Waals surface area contributed by atoms with Crippen LogP contribution in [0.15, 0.2) is 47.4 Å². The van der Waals surface area contributed by atoms with E-state index in [1.54, 1.807) is 46.8 Å². The molecule has 138 valence electrons. The number of rotatable bonds is 7. The molecule has 0 aliphatic carbocycles. The number of aliphatic hydroxyl groups is 1. The Labute approximate surface area is 164 Å². The third kappa shape index (κ3) is 4.10. The number of nitrogens with zero attached hydrogens (tertiary/aromatic N) is 1. The highest BCUT2D eigenvalue weighted by molar-refractivity contribution is 7.82. The molecule has 0 saturated carbocycles. The van der Waals surface area contributed by atoms with Gasteiger partial charge in [0.2, 0.25) is 0 Å². The Kier molecular flexibility index (Phi) is 5.99. The maximum absolute atomic E-state index is 12.7. The van der Waals surface area contributed by atoms with Crippen molar-refractivity contribution in [3.63, 3.8) is 0 Å². The maximum Gasteiger partial charge on any atom is 0.150 e. The van der Waals surface area contributed by atoms with Crippen molar-refractivity contribution in [1.29, 1.82) is 0 Å². The predicted octanol–water partition coefficient (Wildman–Crippen LogP) is 3.20. The van der Waals surface area contributed by atoms with E-state index in [2.05, 4.69) is 0 Å². The van der Waals surface area contributed by atoms with Crippen molar-refractivity contribution in [2.75, 3.05) is 26.3 Å². The van der Waals surface area contributed by atoms with Gasteiger partial charge in [-0.25, -0.2) is 8.51 Å². The summed E-state index contributed by atoms with van der Waals surface area (Å²) in [6, 6.07) is 11.6. The van der Waals surface area contributed by atoms with E-state index in [9.17, 15) is 14.1 Å². The van der Waals surface area contributed by atoms with E-state index in [1.807, 2.05) is 0 Å². The second-order valence-electron chi connectivity index (χ2n) is 6.26. The summed E-state index contributed by atoms with van der Waals surface area (Å²) in [4.78, 5) is 11.2. The van der Waals surface area contributed by atoms with Gasteiger partial charge in [0, 0.05) is 23.7 Å². The fourth-order valence-electron chi connectivity index (χ4n) is 2.69. The first-order valence-corrected chi connectivity index (χ1v) is 9.73. The van der Waals surface area contributed by atoms with Crippen LogP contribution < -0.4 is 4.74 Å². The summed E-state index contributed by atoms with van der Waals surface area (Å²) >= 11 is 12.0. The monoisotopic (exact) mass is 413 g/mol. The van der Waals surface area contributed by atoms with Gasteiger partial charge in [0.25, 0.3) is 0 Å². The minimum atomic E-state index is -1.42. The fraction of sp³-hybridized carbons (Fsp3) is 0.278. The van der Waals surface area contributed by atoms with Crippen LogP contribution in [0, 0.1) is 5.41 Å². The average Bonchev–Trinajstić information content (AvgIpc) is 2.61. The molecule has 1 N–H and O–H groups in total. The standard InChI is InChI=1S/C18H17Cl2NO4S/c19-14-3-6-17(16(20)7-14)26(24)21-9-18(10-21,11-23)12-25-15-4-1-13(8-22)2-5-15/h1-8,23H,9-12H2. The maximum atomic E-state index is 12.7. The van der Waals surface area contributed by atoms with Gasteiger partial charge in [-0.2, -0.15) is 0 Å². The van der Waals surface area contributed by atoms with Gasteiger partial charge < -0.3 is 9.84 Å². The van der Waals surface area contributed by atoms with Crippen molar-refractivity contribution in [3.05, 3.63) is 58.1 Å². The van der Waals surface area contributed by atoms with Gasteiger partial charge in [0.15, 0.2) is 0 Å². The Bertz CT molecular complexity index is 822. The number of halogens is 2. The van der Waals surface area contributed by atoms with Crippen molar-refractivity contribution in [1.82, 2.24) is 4.31 Å². The zero-order valence-corrected chi connectivity index (χ0v) is 16.1. The normalized spacial score (nSPS) is 17.3. The Balaban J connectivity index is 1.60. The van der Waals surface area contributed by atoms with Gasteiger partial charge in [0.1, 0.15) is 23.0 Å². The van der Waals surface area contributed by atoms with Crippen molar-refractivity contribution in [2.45, 2.75) is 4.90 Å². The Morgan fingerprint density at radius 2 is 1.88 bits per heavy atom. The van der Waals surface area contributed by atoms with Gasteiger partial charge in [0.05, 0.1) is 28.5 Å². The van der Waals surface area contributed by atoms with Gasteiger partial charge >= 0.3 is 0 Å². The molecular weight excluding hydrogens is 397 g/mol. The minimum Gasteiger partial charge on any atom is -0.493 e. The Morgan fingerprint density at radius 3 is 2.46 bits per heavy atom. The van der Waals surface area contributed by atoms with Crippen molar-refractivity contribution in [3.8, 4) is 5.75 Å². The number of hydrogen-bond acceptors (Lipinski definition) is 4. The molecule has 1 aliphatic rings. The molecule has 0 amide bonds. The van der Waals surface area contributed by atoms with Crippen LogP contribution in [0.4, 0.5) is 0 Å². The SMILES string of the molecule is O=Cc1ccc(OCC2(CO)CN(S(=O)c3ccc(Cl)cc3Cl)C2)cc1. The van der Waals surface area contributed by atoms with E-state index in [0.29, 0.717) is 39.3 Å². The smallest absolute Gasteiger partial charge is 0.150 e. The van der Waals surface area contributed by atoms with Crippen LogP contribution >= 0.6 is 23.2 Å². The molecule has 0 aromatic heterocycles. The minimum absolute atomic E-state index is 0.0819. The van der Waals surface area contributed by atoms with Crippen LogP contribution in [-0.2, 0) is 11.0 Å². The zero-order chi connectivity index (χ0) is 18.7. The van der Waals surface area contributed by atoms with E-state index in [1.165, 1.54) is 0 Å². The number of aliphatic hydroxyl groups excluding tert-OH is 1. The fourth-order valence-corrected chi connectivity index (χ4v) is 4.77. The molecule has 5 nitrogen and oxygen atoms in total. The summed E-state index contributed by atoms with van der Waals surface area (Å²) in [5.74, 6) is 0.615. The van der Waals surface area contributed by atoms with Crippen LogP contribution in [0.3, 0.4) is 0 Å². The summed E-state index contributed by atoms with van der Waals surface area (Å²) in [6.45, 7) is 1.04. The second-order valence-corrected chi connectivity index (χ2v) is 8.55. The summed E-state index contributed by atoms with van der Waals surface area (Å²) in [7, 11) is -1.42. The molecule has 3 rings (SSSR count). The highest BCUT2D eigenvalue weighted by atomic mass is 35.5. The summed E-state index contributed by atoms with van der Waals surface area (Å²) in [5, 5.41) is 10.6. The lowest BCUT2D eigenvalue weighted by molar-refractivity contribution is -0.0250. The second kappa shape index (κ2) is 8.06. The zero-order valence-electron chi connectivity index (χ0n) is 13.7.